The molecule has 17 nitrogen and oxygen atoms in total. The lowest BCUT2D eigenvalue weighted by Gasteiger charge is -2.21. The van der Waals surface area contributed by atoms with Crippen LogP contribution < -0.4 is 0 Å². The summed E-state index contributed by atoms with van der Waals surface area (Å²) in [6.45, 7) is 9.59. The standard InChI is InChI=1S/C73H142O17P2/c1-7-9-11-13-15-17-19-26-33-39-45-51-57-72(77)89-68(61-83-70(75)55-49-43-37-31-18-16-14-12-10-8-2)63-87-91(79,80)85-59-67(74)60-86-92(81,82)88-64-69(90-73(78)58-52-46-40-34-28-23-21-25-30-36-42-48-54-66(5)6)62-84-71(76)56-50-44-38-32-27-22-20-24-29-35-41-47-53-65(3)4/h65-69,74H,7-64H2,1-6H3,(H,79,80)(H,81,82)/t67-,68+,69+/m0/s1. The Morgan fingerprint density at radius 2 is 0.500 bits per heavy atom. The number of rotatable bonds is 72. The van der Waals surface area contributed by atoms with Gasteiger partial charge in [0.2, 0.25) is 0 Å². The monoisotopic (exact) mass is 1350 g/mol. The van der Waals surface area contributed by atoms with Gasteiger partial charge in [-0.25, -0.2) is 9.13 Å². The van der Waals surface area contributed by atoms with Crippen LogP contribution in [0.25, 0.3) is 0 Å². The molecular weight excluding hydrogens is 1210 g/mol. The van der Waals surface area contributed by atoms with Crippen LogP contribution >= 0.6 is 15.6 Å². The van der Waals surface area contributed by atoms with Crippen molar-refractivity contribution < 1.29 is 80.2 Å². The summed E-state index contributed by atoms with van der Waals surface area (Å²) in [5.41, 5.74) is 0. The van der Waals surface area contributed by atoms with Crippen LogP contribution in [0.3, 0.4) is 0 Å². The van der Waals surface area contributed by atoms with E-state index in [0.29, 0.717) is 25.7 Å². The number of phosphoric acid groups is 2. The molecule has 0 saturated heterocycles. The summed E-state index contributed by atoms with van der Waals surface area (Å²) >= 11 is 0. The number of aliphatic hydroxyl groups excluding tert-OH is 1. The Morgan fingerprint density at radius 3 is 0.739 bits per heavy atom. The highest BCUT2D eigenvalue weighted by Gasteiger charge is 2.30. The summed E-state index contributed by atoms with van der Waals surface area (Å²) in [6.07, 6.45) is 51.1. The maximum absolute atomic E-state index is 13.1. The molecule has 0 saturated carbocycles. The molecule has 0 aromatic rings. The van der Waals surface area contributed by atoms with E-state index >= 15 is 0 Å². The number of carbonyl (C=O) groups excluding carboxylic acids is 4. The normalized spacial score (nSPS) is 14.1. The number of unbranched alkanes of at least 4 members (excludes halogenated alkanes) is 42. The van der Waals surface area contributed by atoms with Gasteiger partial charge in [-0.15, -0.1) is 0 Å². The van der Waals surface area contributed by atoms with E-state index in [0.717, 1.165) is 102 Å². The van der Waals surface area contributed by atoms with Crippen molar-refractivity contribution in [1.82, 2.24) is 0 Å². The van der Waals surface area contributed by atoms with Crippen LogP contribution in [-0.4, -0.2) is 96.7 Å². The van der Waals surface area contributed by atoms with E-state index < -0.39 is 97.5 Å². The summed E-state index contributed by atoms with van der Waals surface area (Å²) in [4.78, 5) is 72.7. The Balaban J connectivity index is 5.25. The van der Waals surface area contributed by atoms with Crippen LogP contribution in [0.2, 0.25) is 0 Å². The highest BCUT2D eigenvalue weighted by molar-refractivity contribution is 7.47. The third-order valence-corrected chi connectivity index (χ3v) is 18.9. The van der Waals surface area contributed by atoms with Gasteiger partial charge in [0.25, 0.3) is 0 Å². The molecule has 5 atom stereocenters. The first-order valence-electron chi connectivity index (χ1n) is 38.0. The zero-order chi connectivity index (χ0) is 67.9. The first-order valence-corrected chi connectivity index (χ1v) is 41.0. The molecule has 0 spiro atoms. The van der Waals surface area contributed by atoms with Gasteiger partial charge in [-0.3, -0.25) is 37.3 Å². The van der Waals surface area contributed by atoms with Gasteiger partial charge in [0, 0.05) is 25.7 Å². The lowest BCUT2D eigenvalue weighted by Crippen LogP contribution is -2.30. The van der Waals surface area contributed by atoms with E-state index in [2.05, 4.69) is 41.5 Å². The van der Waals surface area contributed by atoms with Crippen molar-refractivity contribution >= 4 is 39.5 Å². The van der Waals surface area contributed by atoms with Gasteiger partial charge in [-0.05, 0) is 37.5 Å². The maximum atomic E-state index is 13.1. The minimum atomic E-state index is -4.95. The van der Waals surface area contributed by atoms with Crippen LogP contribution in [0, 0.1) is 11.8 Å². The molecule has 0 amide bonds. The van der Waals surface area contributed by atoms with Crippen molar-refractivity contribution in [2.45, 2.75) is 394 Å². The largest absolute Gasteiger partial charge is 0.472 e. The molecule has 92 heavy (non-hydrogen) atoms. The van der Waals surface area contributed by atoms with Crippen LogP contribution in [0.5, 0.6) is 0 Å². The highest BCUT2D eigenvalue weighted by atomic mass is 31.2. The van der Waals surface area contributed by atoms with Crippen molar-refractivity contribution in [2.75, 3.05) is 39.6 Å². The predicted molar refractivity (Wildman–Crippen MR) is 372 cm³/mol. The van der Waals surface area contributed by atoms with Gasteiger partial charge < -0.3 is 33.8 Å². The summed E-state index contributed by atoms with van der Waals surface area (Å²) < 4.78 is 68.4. The lowest BCUT2D eigenvalue weighted by atomic mass is 10.0. The number of aliphatic hydroxyl groups is 1. The summed E-state index contributed by atoms with van der Waals surface area (Å²) in [6, 6.07) is 0. The molecule has 0 fully saturated rings. The molecule has 19 heteroatoms. The van der Waals surface area contributed by atoms with Crippen molar-refractivity contribution in [3.8, 4) is 0 Å². The molecule has 0 aromatic carbocycles. The van der Waals surface area contributed by atoms with Crippen molar-refractivity contribution in [2.24, 2.45) is 11.8 Å². The van der Waals surface area contributed by atoms with E-state index in [4.69, 9.17) is 37.0 Å². The molecule has 546 valence electrons. The number of esters is 4. The van der Waals surface area contributed by atoms with Crippen LogP contribution in [0.1, 0.15) is 375 Å². The Kier molecular flexibility index (Phi) is 63.7. The van der Waals surface area contributed by atoms with Crippen LogP contribution in [0.4, 0.5) is 0 Å². The maximum Gasteiger partial charge on any atom is 0.472 e. The number of phosphoric ester groups is 2. The van der Waals surface area contributed by atoms with Gasteiger partial charge in [0.1, 0.15) is 19.3 Å². The number of hydrogen-bond acceptors (Lipinski definition) is 15. The first-order chi connectivity index (χ1) is 44.4. The minimum Gasteiger partial charge on any atom is -0.462 e. The van der Waals surface area contributed by atoms with E-state index in [9.17, 15) is 43.2 Å². The van der Waals surface area contributed by atoms with Gasteiger partial charge in [0.15, 0.2) is 12.2 Å². The van der Waals surface area contributed by atoms with E-state index in [-0.39, 0.29) is 25.7 Å². The van der Waals surface area contributed by atoms with Crippen LogP contribution in [0.15, 0.2) is 0 Å². The second-order valence-corrected chi connectivity index (χ2v) is 30.2. The quantitative estimate of drug-likeness (QED) is 0.0222. The molecule has 0 bridgehead atoms. The molecule has 0 radical (unpaired) electrons. The zero-order valence-corrected chi connectivity index (χ0v) is 61.6. The van der Waals surface area contributed by atoms with Gasteiger partial charge in [-0.1, -0.05) is 324 Å². The van der Waals surface area contributed by atoms with E-state index in [1.165, 1.54) is 193 Å². The molecule has 0 aliphatic rings. The second-order valence-electron chi connectivity index (χ2n) is 27.3. The van der Waals surface area contributed by atoms with E-state index in [1.807, 2.05) is 0 Å². The predicted octanol–water partition coefficient (Wildman–Crippen LogP) is 21.2. The molecule has 0 rings (SSSR count). The fourth-order valence-electron chi connectivity index (χ4n) is 11.1. The smallest absolute Gasteiger partial charge is 0.462 e. The lowest BCUT2D eigenvalue weighted by molar-refractivity contribution is -0.161. The summed E-state index contributed by atoms with van der Waals surface area (Å²) in [5, 5.41) is 10.6. The molecule has 2 unspecified atom stereocenters. The zero-order valence-electron chi connectivity index (χ0n) is 59.9. The molecule has 3 N–H and O–H groups in total. The molecule has 0 aliphatic carbocycles. The molecule has 0 aliphatic heterocycles. The van der Waals surface area contributed by atoms with Gasteiger partial charge in [-0.2, -0.15) is 0 Å². The average Bonchev–Trinajstić information content (AvgIpc) is 3.07. The first kappa shape index (κ1) is 90.1. The Morgan fingerprint density at radius 1 is 0.293 bits per heavy atom. The Labute approximate surface area is 562 Å². The average molecular weight is 1350 g/mol. The van der Waals surface area contributed by atoms with E-state index in [1.54, 1.807) is 0 Å². The third kappa shape index (κ3) is 66.7. The SMILES string of the molecule is CCCCCCCCCCCCCCC(=O)O[C@H](COC(=O)CCCCCCCCCCCC)COP(=O)(O)OC[C@H](O)COP(=O)(O)OC[C@@H](COC(=O)CCCCCCCCCCCCCCC(C)C)OC(=O)CCCCCCCCCCCCCCC(C)C. The Bertz CT molecular complexity index is 1790. The summed E-state index contributed by atoms with van der Waals surface area (Å²) in [5.74, 6) is -0.559. The van der Waals surface area contributed by atoms with Crippen molar-refractivity contribution in [1.29, 1.82) is 0 Å². The number of carbonyl (C=O) groups is 4. The van der Waals surface area contributed by atoms with Gasteiger partial charge >= 0.3 is 39.5 Å². The molecule has 0 aromatic heterocycles. The van der Waals surface area contributed by atoms with Gasteiger partial charge in [0.05, 0.1) is 26.4 Å². The topological polar surface area (TPSA) is 237 Å². The number of hydrogen-bond donors (Lipinski definition) is 3. The Hall–Kier alpha value is -1.94. The van der Waals surface area contributed by atoms with Crippen molar-refractivity contribution in [3.63, 3.8) is 0 Å². The van der Waals surface area contributed by atoms with Crippen molar-refractivity contribution in [3.05, 3.63) is 0 Å². The number of ether oxygens (including phenoxy) is 4. The third-order valence-electron chi connectivity index (χ3n) is 17.0. The molecular formula is C73H142O17P2. The second kappa shape index (κ2) is 65.0. The minimum absolute atomic E-state index is 0.107. The fraction of sp³-hybridized carbons (Fsp3) is 0.945. The molecule has 0 heterocycles. The summed E-state index contributed by atoms with van der Waals surface area (Å²) in [7, 11) is -9.90. The van der Waals surface area contributed by atoms with Crippen LogP contribution in [-0.2, 0) is 65.4 Å². The highest BCUT2D eigenvalue weighted by Crippen LogP contribution is 2.45. The fourth-order valence-corrected chi connectivity index (χ4v) is 12.7.